The molecule has 0 spiro atoms. The van der Waals surface area contributed by atoms with E-state index in [4.69, 9.17) is 16.3 Å². The van der Waals surface area contributed by atoms with Crippen molar-refractivity contribution < 1.29 is 9.53 Å². The maximum atomic E-state index is 12.0. The lowest BCUT2D eigenvalue weighted by Gasteiger charge is -2.06. The van der Waals surface area contributed by atoms with E-state index in [0.29, 0.717) is 22.8 Å². The normalized spacial score (nSPS) is 10.9. The number of hydrogen-bond donors (Lipinski definition) is 0. The number of carbonyl (C=O) groups is 1. The monoisotopic (exact) mass is 315 g/mol. The highest BCUT2D eigenvalue weighted by Crippen LogP contribution is 2.23. The molecule has 0 saturated carbocycles. The van der Waals surface area contributed by atoms with Crippen molar-refractivity contribution >= 4 is 23.2 Å². The van der Waals surface area contributed by atoms with Crippen molar-refractivity contribution in [1.82, 2.24) is 14.6 Å². The molecular weight excluding hydrogens is 302 g/mol. The van der Waals surface area contributed by atoms with E-state index in [1.807, 2.05) is 31.2 Å². The van der Waals surface area contributed by atoms with E-state index in [1.54, 1.807) is 17.5 Å². The van der Waals surface area contributed by atoms with Gasteiger partial charge in [0.05, 0.1) is 18.5 Å². The highest BCUT2D eigenvalue weighted by atomic mass is 35.5. The lowest BCUT2D eigenvalue weighted by Crippen LogP contribution is -2.06. The van der Waals surface area contributed by atoms with Crippen LogP contribution in [0.4, 0.5) is 0 Å². The molecule has 112 valence electrons. The van der Waals surface area contributed by atoms with E-state index < -0.39 is 5.97 Å². The predicted octanol–water partition coefficient (Wildman–Crippen LogP) is 3.53. The molecule has 0 N–H and O–H groups in total. The third-order valence-electron chi connectivity index (χ3n) is 3.27. The van der Waals surface area contributed by atoms with Crippen LogP contribution in [0, 0.1) is 6.92 Å². The van der Waals surface area contributed by atoms with Gasteiger partial charge in [-0.15, -0.1) is 0 Å². The molecule has 0 aliphatic heterocycles. The van der Waals surface area contributed by atoms with Gasteiger partial charge in [0.25, 0.3) is 0 Å². The number of nitrogens with zero attached hydrogens (tertiary/aromatic N) is 3. The molecule has 3 aromatic rings. The molecule has 2 aromatic heterocycles. The van der Waals surface area contributed by atoms with E-state index in [1.165, 1.54) is 6.20 Å². The molecule has 0 fully saturated rings. The largest absolute Gasteiger partial charge is 0.462 e. The van der Waals surface area contributed by atoms with Gasteiger partial charge in [0.1, 0.15) is 5.56 Å². The average Bonchev–Trinajstić information content (AvgIpc) is 2.92. The SMILES string of the molecule is CCOC(=O)c1cnn2c(C)cc(-c3cccc(Cl)c3)nc12. The molecule has 1 aromatic carbocycles. The van der Waals surface area contributed by atoms with Gasteiger partial charge >= 0.3 is 5.97 Å². The number of hydrogen-bond acceptors (Lipinski definition) is 4. The summed E-state index contributed by atoms with van der Waals surface area (Å²) in [6, 6.07) is 9.33. The molecule has 3 rings (SSSR count). The van der Waals surface area contributed by atoms with Crippen molar-refractivity contribution in [3.63, 3.8) is 0 Å². The topological polar surface area (TPSA) is 56.5 Å². The van der Waals surface area contributed by atoms with Crippen LogP contribution < -0.4 is 0 Å². The summed E-state index contributed by atoms with van der Waals surface area (Å²) in [6.07, 6.45) is 1.48. The molecule has 0 radical (unpaired) electrons. The first kappa shape index (κ1) is 14.5. The summed E-state index contributed by atoms with van der Waals surface area (Å²) in [6.45, 7) is 3.98. The van der Waals surface area contributed by atoms with Gasteiger partial charge in [-0.2, -0.15) is 5.10 Å². The van der Waals surface area contributed by atoms with Gasteiger partial charge in [-0.3, -0.25) is 0 Å². The molecule has 0 bridgehead atoms. The van der Waals surface area contributed by atoms with Crippen molar-refractivity contribution in [3.05, 3.63) is 52.8 Å². The fourth-order valence-corrected chi connectivity index (χ4v) is 2.45. The fraction of sp³-hybridized carbons (Fsp3) is 0.188. The summed E-state index contributed by atoms with van der Waals surface area (Å²) in [5.74, 6) is -0.423. The number of fused-ring (bicyclic) bond motifs is 1. The van der Waals surface area contributed by atoms with E-state index in [-0.39, 0.29) is 0 Å². The van der Waals surface area contributed by atoms with E-state index in [2.05, 4.69) is 10.1 Å². The number of esters is 1. The van der Waals surface area contributed by atoms with Crippen molar-refractivity contribution in [2.24, 2.45) is 0 Å². The van der Waals surface area contributed by atoms with Crippen LogP contribution >= 0.6 is 11.6 Å². The molecule has 0 aliphatic carbocycles. The first-order chi connectivity index (χ1) is 10.6. The molecule has 22 heavy (non-hydrogen) atoms. The summed E-state index contributed by atoms with van der Waals surface area (Å²) in [7, 11) is 0. The number of aromatic nitrogens is 3. The minimum absolute atomic E-state index is 0.309. The van der Waals surface area contributed by atoms with Crippen molar-refractivity contribution in [3.8, 4) is 11.3 Å². The lowest BCUT2D eigenvalue weighted by molar-refractivity contribution is 0.0528. The van der Waals surface area contributed by atoms with Crippen LogP contribution in [0.25, 0.3) is 16.9 Å². The maximum Gasteiger partial charge on any atom is 0.343 e. The highest BCUT2D eigenvalue weighted by Gasteiger charge is 2.17. The number of aryl methyl sites for hydroxylation is 1. The smallest absolute Gasteiger partial charge is 0.343 e. The molecule has 0 amide bonds. The Morgan fingerprint density at radius 1 is 1.36 bits per heavy atom. The number of ether oxygens (including phenoxy) is 1. The third kappa shape index (κ3) is 2.55. The molecule has 0 saturated heterocycles. The maximum absolute atomic E-state index is 12.0. The summed E-state index contributed by atoms with van der Waals surface area (Å²) < 4.78 is 6.67. The minimum Gasteiger partial charge on any atom is -0.462 e. The predicted molar refractivity (Wildman–Crippen MR) is 84.1 cm³/mol. The zero-order chi connectivity index (χ0) is 15.7. The van der Waals surface area contributed by atoms with Gasteiger partial charge in [0.15, 0.2) is 5.65 Å². The second-order valence-electron chi connectivity index (χ2n) is 4.81. The molecule has 5 nitrogen and oxygen atoms in total. The molecule has 2 heterocycles. The molecule has 0 aliphatic rings. The first-order valence-corrected chi connectivity index (χ1v) is 7.26. The second-order valence-corrected chi connectivity index (χ2v) is 5.24. The molecule has 0 atom stereocenters. The minimum atomic E-state index is -0.423. The van der Waals surface area contributed by atoms with E-state index >= 15 is 0 Å². The number of benzene rings is 1. The van der Waals surface area contributed by atoms with Gasteiger partial charge in [-0.1, -0.05) is 23.7 Å². The highest BCUT2D eigenvalue weighted by molar-refractivity contribution is 6.30. The molecular formula is C16H14ClN3O2. The van der Waals surface area contributed by atoms with Crippen LogP contribution in [0.15, 0.2) is 36.5 Å². The van der Waals surface area contributed by atoms with E-state index in [0.717, 1.165) is 17.0 Å². The first-order valence-electron chi connectivity index (χ1n) is 6.88. The zero-order valence-corrected chi connectivity index (χ0v) is 13.0. The molecule has 6 heteroatoms. The van der Waals surface area contributed by atoms with Gasteiger partial charge < -0.3 is 4.74 Å². The van der Waals surface area contributed by atoms with Gasteiger partial charge in [0.2, 0.25) is 0 Å². The van der Waals surface area contributed by atoms with Gasteiger partial charge in [-0.05, 0) is 32.0 Å². The van der Waals surface area contributed by atoms with Crippen LogP contribution in [0.2, 0.25) is 5.02 Å². The number of halogens is 1. The van der Waals surface area contributed by atoms with Crippen LogP contribution in [0.5, 0.6) is 0 Å². The Morgan fingerprint density at radius 2 is 2.18 bits per heavy atom. The average molecular weight is 316 g/mol. The quantitative estimate of drug-likeness (QED) is 0.694. The fourth-order valence-electron chi connectivity index (χ4n) is 2.26. The number of carbonyl (C=O) groups excluding carboxylic acids is 1. The summed E-state index contributed by atoms with van der Waals surface area (Å²) in [4.78, 5) is 16.5. The van der Waals surface area contributed by atoms with Crippen molar-refractivity contribution in [2.45, 2.75) is 13.8 Å². The lowest BCUT2D eigenvalue weighted by atomic mass is 10.1. The summed E-state index contributed by atoms with van der Waals surface area (Å²) >= 11 is 6.04. The van der Waals surface area contributed by atoms with E-state index in [9.17, 15) is 4.79 Å². The Bertz CT molecular complexity index is 858. The Labute approximate surface area is 132 Å². The number of rotatable bonds is 3. The Hall–Kier alpha value is -2.40. The van der Waals surface area contributed by atoms with Gasteiger partial charge in [0, 0.05) is 16.3 Å². The Kier molecular flexibility index (Phi) is 3.81. The van der Waals surface area contributed by atoms with Crippen LogP contribution in [0.1, 0.15) is 23.0 Å². The second kappa shape index (κ2) is 5.77. The summed E-state index contributed by atoms with van der Waals surface area (Å²) in [5, 5.41) is 4.84. The van der Waals surface area contributed by atoms with Crippen molar-refractivity contribution in [2.75, 3.05) is 6.61 Å². The van der Waals surface area contributed by atoms with Crippen LogP contribution in [0.3, 0.4) is 0 Å². The molecule has 0 unspecified atom stereocenters. The van der Waals surface area contributed by atoms with Crippen LogP contribution in [-0.4, -0.2) is 27.2 Å². The van der Waals surface area contributed by atoms with Crippen molar-refractivity contribution in [1.29, 1.82) is 0 Å². The van der Waals surface area contributed by atoms with Gasteiger partial charge in [-0.25, -0.2) is 14.3 Å². The zero-order valence-electron chi connectivity index (χ0n) is 12.2. The summed E-state index contributed by atoms with van der Waals surface area (Å²) in [5.41, 5.74) is 3.32. The Morgan fingerprint density at radius 3 is 2.91 bits per heavy atom. The third-order valence-corrected chi connectivity index (χ3v) is 3.50. The van der Waals surface area contributed by atoms with Crippen LogP contribution in [-0.2, 0) is 4.74 Å². The standard InChI is InChI=1S/C16H14ClN3O2/c1-3-22-16(21)13-9-18-20-10(2)7-14(19-15(13)20)11-5-4-6-12(17)8-11/h4-9H,3H2,1-2H3. The Balaban J connectivity index is 2.18.